The lowest BCUT2D eigenvalue weighted by Gasteiger charge is -2.08. The van der Waals surface area contributed by atoms with Gasteiger partial charge in [-0.05, 0) is 43.4 Å². The minimum Gasteiger partial charge on any atom is -0.454 e. The van der Waals surface area contributed by atoms with Crippen molar-refractivity contribution in [2.24, 2.45) is 0 Å². The van der Waals surface area contributed by atoms with E-state index in [9.17, 15) is 0 Å². The summed E-state index contributed by atoms with van der Waals surface area (Å²) in [4.78, 5) is 0. The fourth-order valence-corrected chi connectivity index (χ4v) is 3.82. The molecule has 0 radical (unpaired) electrons. The zero-order chi connectivity index (χ0) is 14.5. The van der Waals surface area contributed by atoms with Crippen LogP contribution < -0.4 is 9.47 Å². The molecule has 0 atom stereocenters. The zero-order valence-corrected chi connectivity index (χ0v) is 13.0. The first kappa shape index (κ1) is 12.8. The number of hydrogen-bond donors (Lipinski definition) is 0. The molecule has 2 aromatic rings. The van der Waals surface area contributed by atoms with Crippen molar-refractivity contribution in [3.05, 3.63) is 29.6 Å². The average molecular weight is 315 g/mol. The highest BCUT2D eigenvalue weighted by atomic mass is 32.2. The van der Waals surface area contributed by atoms with Gasteiger partial charge in [0.25, 0.3) is 0 Å². The zero-order valence-electron chi connectivity index (χ0n) is 12.2. The van der Waals surface area contributed by atoms with Crippen molar-refractivity contribution in [1.82, 2.24) is 14.8 Å². The van der Waals surface area contributed by atoms with Crippen LogP contribution >= 0.6 is 11.8 Å². The summed E-state index contributed by atoms with van der Waals surface area (Å²) in [6.45, 7) is 0.326. The Kier molecular flexibility index (Phi) is 2.86. The van der Waals surface area contributed by atoms with E-state index >= 15 is 0 Å². The lowest BCUT2D eigenvalue weighted by atomic mass is 10.2. The lowest BCUT2D eigenvalue weighted by Crippen LogP contribution is -2.01. The molecule has 0 N–H and O–H groups in total. The normalized spacial score (nSPS) is 19.6. The smallest absolute Gasteiger partial charge is 0.231 e. The van der Waals surface area contributed by atoms with E-state index in [0.717, 1.165) is 22.4 Å². The molecule has 2 heterocycles. The molecule has 6 heteroatoms. The van der Waals surface area contributed by atoms with Gasteiger partial charge in [-0.1, -0.05) is 17.8 Å². The minimum absolute atomic E-state index is 0.326. The molecule has 0 amide bonds. The van der Waals surface area contributed by atoms with Gasteiger partial charge in [0, 0.05) is 17.7 Å². The van der Waals surface area contributed by atoms with Crippen LogP contribution in [-0.4, -0.2) is 21.6 Å². The van der Waals surface area contributed by atoms with Gasteiger partial charge >= 0.3 is 0 Å². The fraction of sp³-hybridized carbons (Fsp3) is 0.500. The number of benzene rings is 1. The van der Waals surface area contributed by atoms with Crippen molar-refractivity contribution in [2.45, 2.75) is 48.6 Å². The minimum atomic E-state index is 0.326. The highest BCUT2D eigenvalue weighted by Gasteiger charge is 2.36. The Morgan fingerprint density at radius 1 is 1.09 bits per heavy atom. The highest BCUT2D eigenvalue weighted by Crippen LogP contribution is 2.46. The molecule has 22 heavy (non-hydrogen) atoms. The molecule has 0 spiro atoms. The number of rotatable bonds is 5. The van der Waals surface area contributed by atoms with Crippen molar-refractivity contribution in [3.63, 3.8) is 0 Å². The third kappa shape index (κ3) is 2.26. The van der Waals surface area contributed by atoms with E-state index in [-0.39, 0.29) is 0 Å². The SMILES string of the molecule is c1cc2c(cc1CSc1nnc(C3CC3)n1C1CC1)OCO2. The summed E-state index contributed by atoms with van der Waals surface area (Å²) in [5.74, 6) is 4.45. The summed E-state index contributed by atoms with van der Waals surface area (Å²) in [5, 5.41) is 9.97. The summed E-state index contributed by atoms with van der Waals surface area (Å²) < 4.78 is 13.2. The van der Waals surface area contributed by atoms with Gasteiger partial charge in [-0.15, -0.1) is 10.2 Å². The fourth-order valence-electron chi connectivity index (χ4n) is 2.86. The van der Waals surface area contributed by atoms with E-state index in [4.69, 9.17) is 9.47 Å². The first-order chi connectivity index (χ1) is 10.9. The van der Waals surface area contributed by atoms with E-state index in [0.29, 0.717) is 18.8 Å². The van der Waals surface area contributed by atoms with Crippen LogP contribution in [-0.2, 0) is 5.75 Å². The second-order valence-corrected chi connectivity index (χ2v) is 7.14. The Balaban J connectivity index is 1.36. The van der Waals surface area contributed by atoms with Crippen LogP contribution in [0.1, 0.15) is 49.0 Å². The van der Waals surface area contributed by atoms with Crippen LogP contribution in [0.5, 0.6) is 11.5 Å². The third-order valence-electron chi connectivity index (χ3n) is 4.35. The molecule has 5 rings (SSSR count). The van der Waals surface area contributed by atoms with E-state index < -0.39 is 0 Å². The summed E-state index contributed by atoms with van der Waals surface area (Å²) in [7, 11) is 0. The van der Waals surface area contributed by atoms with E-state index in [1.807, 2.05) is 6.07 Å². The maximum Gasteiger partial charge on any atom is 0.231 e. The third-order valence-corrected chi connectivity index (χ3v) is 5.36. The van der Waals surface area contributed by atoms with Gasteiger partial charge < -0.3 is 14.0 Å². The molecule has 0 unspecified atom stereocenters. The topological polar surface area (TPSA) is 49.2 Å². The van der Waals surface area contributed by atoms with Gasteiger partial charge in [0.05, 0.1) is 0 Å². The Labute approximate surface area is 133 Å². The van der Waals surface area contributed by atoms with Crippen LogP contribution in [0.2, 0.25) is 0 Å². The van der Waals surface area contributed by atoms with Crippen LogP contribution in [0, 0.1) is 0 Å². The maximum absolute atomic E-state index is 5.44. The highest BCUT2D eigenvalue weighted by molar-refractivity contribution is 7.98. The lowest BCUT2D eigenvalue weighted by molar-refractivity contribution is 0.174. The largest absolute Gasteiger partial charge is 0.454 e. The van der Waals surface area contributed by atoms with Crippen LogP contribution in [0.25, 0.3) is 0 Å². The molecule has 2 fully saturated rings. The maximum atomic E-state index is 5.44. The molecule has 0 saturated heterocycles. The Morgan fingerprint density at radius 3 is 2.77 bits per heavy atom. The molecule has 114 valence electrons. The predicted octanol–water partition coefficient (Wildman–Crippen LogP) is 3.51. The Morgan fingerprint density at radius 2 is 1.95 bits per heavy atom. The summed E-state index contributed by atoms with van der Waals surface area (Å²) in [6.07, 6.45) is 5.10. The van der Waals surface area contributed by atoms with Crippen LogP contribution in [0.4, 0.5) is 0 Å². The van der Waals surface area contributed by atoms with Gasteiger partial charge in [0.1, 0.15) is 5.82 Å². The van der Waals surface area contributed by atoms with Crippen LogP contribution in [0.15, 0.2) is 23.4 Å². The number of aromatic nitrogens is 3. The van der Waals surface area contributed by atoms with E-state index in [1.54, 1.807) is 11.8 Å². The number of thioether (sulfide) groups is 1. The summed E-state index contributed by atoms with van der Waals surface area (Å²) >= 11 is 1.77. The van der Waals surface area contributed by atoms with Gasteiger partial charge in [-0.3, -0.25) is 0 Å². The monoisotopic (exact) mass is 315 g/mol. The number of nitrogens with zero attached hydrogens (tertiary/aromatic N) is 3. The standard InChI is InChI=1S/C16H17N3O2S/c1-6-13-14(21-9-20-13)7-10(1)8-22-16-18-17-15(11-2-3-11)19(16)12-4-5-12/h1,6-7,11-12H,2-5,8-9H2. The molecule has 1 aromatic heterocycles. The molecule has 5 nitrogen and oxygen atoms in total. The van der Waals surface area contributed by atoms with E-state index in [1.165, 1.54) is 37.1 Å². The second kappa shape index (κ2) is 4.91. The van der Waals surface area contributed by atoms with Crippen molar-refractivity contribution >= 4 is 11.8 Å². The second-order valence-electron chi connectivity index (χ2n) is 6.19. The first-order valence-electron chi connectivity index (χ1n) is 7.84. The predicted molar refractivity (Wildman–Crippen MR) is 82.4 cm³/mol. The van der Waals surface area contributed by atoms with Crippen molar-refractivity contribution < 1.29 is 9.47 Å². The number of fused-ring (bicyclic) bond motifs is 1. The number of ether oxygens (including phenoxy) is 2. The van der Waals surface area contributed by atoms with Gasteiger partial charge in [0.2, 0.25) is 6.79 Å². The van der Waals surface area contributed by atoms with Crippen molar-refractivity contribution in [3.8, 4) is 11.5 Å². The van der Waals surface area contributed by atoms with Gasteiger partial charge in [-0.2, -0.15) is 0 Å². The Hall–Kier alpha value is -1.69. The average Bonchev–Trinajstić information content (AvgIpc) is 3.47. The molecule has 3 aliphatic rings. The molecule has 2 saturated carbocycles. The Bertz CT molecular complexity index is 722. The molecular formula is C16H17N3O2S. The van der Waals surface area contributed by atoms with Crippen LogP contribution in [0.3, 0.4) is 0 Å². The van der Waals surface area contributed by atoms with Crippen molar-refractivity contribution in [2.75, 3.05) is 6.79 Å². The summed E-state index contributed by atoms with van der Waals surface area (Å²) in [5.41, 5.74) is 1.23. The van der Waals surface area contributed by atoms with E-state index in [2.05, 4.69) is 26.9 Å². The van der Waals surface area contributed by atoms with Gasteiger partial charge in [-0.25, -0.2) is 0 Å². The molecule has 2 aliphatic carbocycles. The molecular weight excluding hydrogens is 298 g/mol. The van der Waals surface area contributed by atoms with Crippen molar-refractivity contribution in [1.29, 1.82) is 0 Å². The first-order valence-corrected chi connectivity index (χ1v) is 8.83. The number of hydrogen-bond acceptors (Lipinski definition) is 5. The summed E-state index contributed by atoms with van der Waals surface area (Å²) in [6, 6.07) is 6.79. The molecule has 0 bridgehead atoms. The molecule has 1 aromatic carbocycles. The molecule has 1 aliphatic heterocycles. The van der Waals surface area contributed by atoms with Gasteiger partial charge in [0.15, 0.2) is 16.7 Å². The quantitative estimate of drug-likeness (QED) is 0.790.